The summed E-state index contributed by atoms with van der Waals surface area (Å²) in [4.78, 5) is 23.0. The van der Waals surface area contributed by atoms with Gasteiger partial charge in [-0.2, -0.15) is 0 Å². The quantitative estimate of drug-likeness (QED) is 0.538. The van der Waals surface area contributed by atoms with Gasteiger partial charge in [0.05, 0.1) is 5.56 Å². The van der Waals surface area contributed by atoms with Crippen LogP contribution in [0.25, 0.3) is 0 Å². The molecule has 0 heterocycles. The summed E-state index contributed by atoms with van der Waals surface area (Å²) in [5.74, 6) is -6.05. The van der Waals surface area contributed by atoms with Gasteiger partial charge in [0.2, 0.25) is 5.91 Å². The molecule has 0 aliphatic rings. The molecule has 4 nitrogen and oxygen atoms in total. The Hall–Kier alpha value is -2.83. The lowest BCUT2D eigenvalue weighted by Gasteiger charge is -2.09. The van der Waals surface area contributed by atoms with Crippen molar-refractivity contribution in [3.63, 3.8) is 0 Å². The molecule has 2 aromatic carbocycles. The number of halogens is 3. The molecule has 0 saturated heterocycles. The van der Waals surface area contributed by atoms with E-state index in [1.54, 1.807) is 6.92 Å². The van der Waals surface area contributed by atoms with E-state index in [0.29, 0.717) is 11.6 Å². The fraction of sp³-hybridized carbons (Fsp3) is 0.0667. The molecule has 0 radical (unpaired) electrons. The number of benzene rings is 2. The minimum atomic E-state index is -1.42. The van der Waals surface area contributed by atoms with Gasteiger partial charge in [-0.3, -0.25) is 4.79 Å². The first-order chi connectivity index (χ1) is 10.3. The van der Waals surface area contributed by atoms with E-state index in [2.05, 4.69) is 0 Å². The number of hydrogen-bond donors (Lipinski definition) is 1. The zero-order valence-corrected chi connectivity index (χ0v) is 11.3. The molecule has 7 heteroatoms. The van der Waals surface area contributed by atoms with Crippen molar-refractivity contribution < 1.29 is 27.5 Å². The highest BCUT2D eigenvalue weighted by Crippen LogP contribution is 2.22. The van der Waals surface area contributed by atoms with Crippen molar-refractivity contribution in [3.8, 4) is 5.75 Å². The van der Waals surface area contributed by atoms with Gasteiger partial charge in [-0.1, -0.05) is 6.07 Å². The molecule has 0 aliphatic heterocycles. The topological polar surface area (TPSA) is 69.4 Å². The van der Waals surface area contributed by atoms with Crippen molar-refractivity contribution in [3.05, 3.63) is 64.5 Å². The molecule has 0 aromatic heterocycles. The fourth-order valence-corrected chi connectivity index (χ4v) is 1.70. The second-order valence-corrected chi connectivity index (χ2v) is 4.48. The van der Waals surface area contributed by atoms with Crippen LogP contribution in [0, 0.1) is 24.4 Å². The molecule has 114 valence electrons. The van der Waals surface area contributed by atoms with Crippen LogP contribution in [0.2, 0.25) is 0 Å². The lowest BCUT2D eigenvalue weighted by atomic mass is 10.1. The molecule has 0 aliphatic carbocycles. The van der Waals surface area contributed by atoms with Crippen molar-refractivity contribution in [2.45, 2.75) is 6.92 Å². The minimum absolute atomic E-state index is 0.0366. The predicted octanol–water partition coefficient (Wildman–Crippen LogP) is 2.73. The number of amides is 1. The predicted molar refractivity (Wildman–Crippen MR) is 71.0 cm³/mol. The number of aryl methyl sites for hydroxylation is 1. The largest absolute Gasteiger partial charge is 0.423 e. The number of rotatable bonds is 3. The Morgan fingerprint density at radius 2 is 1.64 bits per heavy atom. The highest BCUT2D eigenvalue weighted by molar-refractivity contribution is 5.94. The Labute approximate surface area is 123 Å². The molecule has 0 saturated carbocycles. The van der Waals surface area contributed by atoms with Crippen LogP contribution in [-0.4, -0.2) is 11.9 Å². The van der Waals surface area contributed by atoms with Crippen LogP contribution in [0.3, 0.4) is 0 Å². The molecule has 0 fully saturated rings. The van der Waals surface area contributed by atoms with Crippen LogP contribution in [0.5, 0.6) is 5.75 Å². The Bertz CT molecular complexity index is 775. The van der Waals surface area contributed by atoms with E-state index < -0.39 is 34.9 Å². The van der Waals surface area contributed by atoms with E-state index in [9.17, 15) is 22.8 Å². The van der Waals surface area contributed by atoms with Crippen molar-refractivity contribution in [1.29, 1.82) is 0 Å². The number of esters is 1. The minimum Gasteiger partial charge on any atom is -0.423 e. The fourth-order valence-electron chi connectivity index (χ4n) is 1.70. The van der Waals surface area contributed by atoms with E-state index in [0.717, 1.165) is 0 Å². The summed E-state index contributed by atoms with van der Waals surface area (Å²) in [5, 5.41) is 0. The molecule has 0 unspecified atom stereocenters. The Kier molecular flexibility index (Phi) is 4.16. The van der Waals surface area contributed by atoms with E-state index in [1.165, 1.54) is 18.2 Å². The summed E-state index contributed by atoms with van der Waals surface area (Å²) in [6.07, 6.45) is 0. The normalized spacial score (nSPS) is 10.4. The van der Waals surface area contributed by atoms with Gasteiger partial charge in [0.1, 0.15) is 11.6 Å². The van der Waals surface area contributed by atoms with E-state index in [1.807, 2.05) is 0 Å². The molecule has 22 heavy (non-hydrogen) atoms. The maximum absolute atomic E-state index is 13.5. The summed E-state index contributed by atoms with van der Waals surface area (Å²) in [7, 11) is 0. The van der Waals surface area contributed by atoms with Gasteiger partial charge in [0.15, 0.2) is 11.6 Å². The van der Waals surface area contributed by atoms with Crippen LogP contribution < -0.4 is 10.5 Å². The number of hydrogen-bond acceptors (Lipinski definition) is 3. The Morgan fingerprint density at radius 3 is 2.27 bits per heavy atom. The first kappa shape index (κ1) is 15.6. The van der Waals surface area contributed by atoms with Gasteiger partial charge >= 0.3 is 5.97 Å². The van der Waals surface area contributed by atoms with Crippen molar-refractivity contribution in [1.82, 2.24) is 0 Å². The zero-order chi connectivity index (χ0) is 16.4. The molecular weight excluding hydrogens is 299 g/mol. The summed E-state index contributed by atoms with van der Waals surface area (Å²) in [6, 6.07) is 4.75. The molecule has 0 bridgehead atoms. The lowest BCUT2D eigenvalue weighted by molar-refractivity contribution is 0.0726. The first-order valence-electron chi connectivity index (χ1n) is 6.06. The Morgan fingerprint density at radius 1 is 1.00 bits per heavy atom. The van der Waals surface area contributed by atoms with Crippen LogP contribution in [0.15, 0.2) is 30.3 Å². The first-order valence-corrected chi connectivity index (χ1v) is 6.06. The SMILES string of the molecule is Cc1ccc(C(N)=O)cc1OC(=O)c1cc(F)c(F)cc1F. The third-order valence-electron chi connectivity index (χ3n) is 2.91. The van der Waals surface area contributed by atoms with Gasteiger partial charge < -0.3 is 10.5 Å². The standard InChI is InChI=1S/C15H10F3NO3/c1-7-2-3-8(14(19)20)4-13(7)22-15(21)9-5-11(17)12(18)6-10(9)16/h2-6H,1H3,(H2,19,20). The summed E-state index contributed by atoms with van der Waals surface area (Å²) in [5.41, 5.74) is 4.90. The maximum Gasteiger partial charge on any atom is 0.346 e. The third-order valence-corrected chi connectivity index (χ3v) is 2.91. The zero-order valence-electron chi connectivity index (χ0n) is 11.3. The average Bonchev–Trinajstić information content (AvgIpc) is 2.44. The monoisotopic (exact) mass is 309 g/mol. The van der Waals surface area contributed by atoms with E-state index in [4.69, 9.17) is 10.5 Å². The van der Waals surface area contributed by atoms with E-state index in [-0.39, 0.29) is 17.4 Å². The van der Waals surface area contributed by atoms with Crippen molar-refractivity contribution in [2.75, 3.05) is 0 Å². The summed E-state index contributed by atoms with van der Waals surface area (Å²) >= 11 is 0. The maximum atomic E-state index is 13.5. The molecule has 0 atom stereocenters. The average molecular weight is 309 g/mol. The van der Waals surface area contributed by atoms with Gasteiger partial charge in [0, 0.05) is 11.6 Å². The van der Waals surface area contributed by atoms with Gasteiger partial charge in [-0.25, -0.2) is 18.0 Å². The van der Waals surface area contributed by atoms with Crippen molar-refractivity contribution >= 4 is 11.9 Å². The molecule has 2 aromatic rings. The van der Waals surface area contributed by atoms with Crippen LogP contribution >= 0.6 is 0 Å². The smallest absolute Gasteiger partial charge is 0.346 e. The molecule has 2 N–H and O–H groups in total. The van der Waals surface area contributed by atoms with Crippen LogP contribution in [0.1, 0.15) is 26.3 Å². The second kappa shape index (κ2) is 5.88. The third kappa shape index (κ3) is 3.08. The number of carbonyl (C=O) groups is 2. The van der Waals surface area contributed by atoms with Crippen LogP contribution in [0.4, 0.5) is 13.2 Å². The lowest BCUT2D eigenvalue weighted by Crippen LogP contribution is -2.14. The number of carbonyl (C=O) groups excluding carboxylic acids is 2. The highest BCUT2D eigenvalue weighted by atomic mass is 19.2. The number of ether oxygens (including phenoxy) is 1. The summed E-state index contributed by atoms with van der Waals surface area (Å²) in [6.45, 7) is 1.58. The number of nitrogens with two attached hydrogens (primary N) is 1. The molecule has 2 rings (SSSR count). The molecule has 0 spiro atoms. The Balaban J connectivity index is 2.35. The number of primary amides is 1. The van der Waals surface area contributed by atoms with Gasteiger partial charge in [-0.15, -0.1) is 0 Å². The van der Waals surface area contributed by atoms with Crippen molar-refractivity contribution in [2.24, 2.45) is 5.73 Å². The van der Waals surface area contributed by atoms with Gasteiger partial charge in [-0.05, 0) is 30.7 Å². The highest BCUT2D eigenvalue weighted by Gasteiger charge is 2.19. The summed E-state index contributed by atoms with van der Waals surface area (Å²) < 4.78 is 44.4. The second-order valence-electron chi connectivity index (χ2n) is 4.48. The van der Waals surface area contributed by atoms with Crippen LogP contribution in [-0.2, 0) is 0 Å². The van der Waals surface area contributed by atoms with Gasteiger partial charge in [0.25, 0.3) is 0 Å². The molecule has 1 amide bonds. The van der Waals surface area contributed by atoms with E-state index >= 15 is 0 Å². The molecular formula is C15H10F3NO3.